The van der Waals surface area contributed by atoms with Crippen molar-refractivity contribution in [2.24, 2.45) is 0 Å². The van der Waals surface area contributed by atoms with Crippen LogP contribution in [0, 0.1) is 6.92 Å². The number of hydrogen-bond donors (Lipinski definition) is 1. The molecule has 0 radical (unpaired) electrons. The predicted octanol–water partition coefficient (Wildman–Crippen LogP) is 2.65. The molecule has 1 N–H and O–H groups in total. The lowest BCUT2D eigenvalue weighted by atomic mass is 10.1. The van der Waals surface area contributed by atoms with Crippen LogP contribution in [0.3, 0.4) is 0 Å². The van der Waals surface area contributed by atoms with Gasteiger partial charge in [-0.2, -0.15) is 0 Å². The van der Waals surface area contributed by atoms with Crippen LogP contribution < -0.4 is 14.8 Å². The average molecular weight is 298 g/mol. The van der Waals surface area contributed by atoms with Crippen molar-refractivity contribution < 1.29 is 14.3 Å². The largest absolute Gasteiger partial charge is 0.486 e. The quantitative estimate of drug-likeness (QED) is 0.946. The molecule has 0 saturated heterocycles. The zero-order valence-corrected chi connectivity index (χ0v) is 12.6. The molecule has 0 bridgehead atoms. The molecule has 1 unspecified atom stereocenters. The van der Waals surface area contributed by atoms with Gasteiger partial charge in [-0.15, -0.1) is 0 Å². The Morgan fingerprint density at radius 1 is 1.18 bits per heavy atom. The second-order valence-corrected chi connectivity index (χ2v) is 5.26. The summed E-state index contributed by atoms with van der Waals surface area (Å²) in [5.41, 5.74) is 2.20. The number of amides is 1. The van der Waals surface area contributed by atoms with Crippen LogP contribution in [0.1, 0.15) is 34.7 Å². The Morgan fingerprint density at radius 2 is 1.95 bits per heavy atom. The molecule has 1 aromatic heterocycles. The van der Waals surface area contributed by atoms with Crippen LogP contribution in [0.15, 0.2) is 36.4 Å². The highest BCUT2D eigenvalue weighted by Gasteiger charge is 2.16. The van der Waals surface area contributed by atoms with Gasteiger partial charge in [0.2, 0.25) is 0 Å². The summed E-state index contributed by atoms with van der Waals surface area (Å²) in [6, 6.07) is 11.0. The van der Waals surface area contributed by atoms with Gasteiger partial charge in [0.05, 0.1) is 6.04 Å². The number of aryl methyl sites for hydroxylation is 1. The Labute approximate surface area is 129 Å². The number of fused-ring (bicyclic) bond motifs is 1. The van der Waals surface area contributed by atoms with Crippen LogP contribution >= 0.6 is 0 Å². The maximum Gasteiger partial charge on any atom is 0.270 e. The molecule has 0 spiro atoms. The van der Waals surface area contributed by atoms with Gasteiger partial charge in [-0.3, -0.25) is 4.79 Å². The van der Waals surface area contributed by atoms with Gasteiger partial charge in [0.25, 0.3) is 5.91 Å². The normalized spacial score (nSPS) is 14.3. The first kappa shape index (κ1) is 14.4. The van der Waals surface area contributed by atoms with Crippen LogP contribution in [0.25, 0.3) is 0 Å². The van der Waals surface area contributed by atoms with E-state index in [1.54, 1.807) is 6.07 Å². The Bertz CT molecular complexity index is 700. The zero-order valence-electron chi connectivity index (χ0n) is 12.6. The minimum Gasteiger partial charge on any atom is -0.486 e. The summed E-state index contributed by atoms with van der Waals surface area (Å²) in [7, 11) is 0. The highest BCUT2D eigenvalue weighted by Crippen LogP contribution is 2.32. The fourth-order valence-electron chi connectivity index (χ4n) is 2.35. The Kier molecular flexibility index (Phi) is 3.96. The molecule has 1 atom stereocenters. The van der Waals surface area contributed by atoms with Crippen LogP contribution in [-0.2, 0) is 0 Å². The van der Waals surface area contributed by atoms with E-state index in [1.807, 2.05) is 44.2 Å². The molecule has 5 nitrogen and oxygen atoms in total. The van der Waals surface area contributed by atoms with Crippen LogP contribution in [-0.4, -0.2) is 24.1 Å². The standard InChI is InChI=1S/C17H18N2O3/c1-11-4-3-5-14(18-11)17(20)19-12(2)13-6-7-15-16(10-13)22-9-8-21-15/h3-7,10,12H,8-9H2,1-2H3,(H,19,20). The first-order valence-corrected chi connectivity index (χ1v) is 7.27. The van der Waals surface area contributed by atoms with Crippen molar-refractivity contribution >= 4 is 5.91 Å². The molecule has 3 rings (SSSR count). The van der Waals surface area contributed by atoms with E-state index >= 15 is 0 Å². The van der Waals surface area contributed by atoms with Gasteiger partial charge in [0.15, 0.2) is 11.5 Å². The number of rotatable bonds is 3. The Balaban J connectivity index is 1.74. The molecule has 0 fully saturated rings. The van der Waals surface area contributed by atoms with Crippen molar-refractivity contribution in [3.63, 3.8) is 0 Å². The smallest absolute Gasteiger partial charge is 0.270 e. The zero-order chi connectivity index (χ0) is 15.5. The van der Waals surface area contributed by atoms with E-state index in [0.29, 0.717) is 18.9 Å². The van der Waals surface area contributed by atoms with E-state index < -0.39 is 0 Å². The number of pyridine rings is 1. The maximum atomic E-state index is 12.2. The molecule has 2 heterocycles. The van der Waals surface area contributed by atoms with Gasteiger partial charge in [0.1, 0.15) is 18.9 Å². The third-order valence-electron chi connectivity index (χ3n) is 3.53. The molecule has 1 aliphatic heterocycles. The minimum atomic E-state index is -0.189. The number of ether oxygens (including phenoxy) is 2. The van der Waals surface area contributed by atoms with E-state index in [0.717, 1.165) is 22.8 Å². The van der Waals surface area contributed by atoms with Crippen LogP contribution in [0.5, 0.6) is 11.5 Å². The second kappa shape index (κ2) is 6.05. The first-order chi connectivity index (χ1) is 10.6. The molecular weight excluding hydrogens is 280 g/mol. The van der Waals surface area contributed by atoms with Gasteiger partial charge in [0, 0.05) is 5.69 Å². The molecule has 1 amide bonds. The van der Waals surface area contributed by atoms with Crippen molar-refractivity contribution in [1.82, 2.24) is 10.3 Å². The van der Waals surface area contributed by atoms with Crippen molar-refractivity contribution in [2.75, 3.05) is 13.2 Å². The molecular formula is C17H18N2O3. The van der Waals surface area contributed by atoms with Crippen LogP contribution in [0.4, 0.5) is 0 Å². The summed E-state index contributed by atoms with van der Waals surface area (Å²) in [6.45, 7) is 4.90. The molecule has 1 aromatic carbocycles. The van der Waals surface area contributed by atoms with E-state index in [9.17, 15) is 4.79 Å². The lowest BCUT2D eigenvalue weighted by Gasteiger charge is -2.21. The third kappa shape index (κ3) is 3.03. The summed E-state index contributed by atoms with van der Waals surface area (Å²) in [6.07, 6.45) is 0. The number of nitrogens with one attached hydrogen (secondary N) is 1. The van der Waals surface area contributed by atoms with Gasteiger partial charge < -0.3 is 14.8 Å². The van der Waals surface area contributed by atoms with Crippen molar-refractivity contribution in [1.29, 1.82) is 0 Å². The van der Waals surface area contributed by atoms with Gasteiger partial charge in [-0.05, 0) is 43.7 Å². The summed E-state index contributed by atoms with van der Waals surface area (Å²) in [5, 5.41) is 2.95. The third-order valence-corrected chi connectivity index (χ3v) is 3.53. The summed E-state index contributed by atoms with van der Waals surface area (Å²) >= 11 is 0. The molecule has 0 aliphatic carbocycles. The SMILES string of the molecule is Cc1cccc(C(=O)NC(C)c2ccc3c(c2)OCCO3)n1. The molecule has 2 aromatic rings. The van der Waals surface area contributed by atoms with Crippen molar-refractivity contribution in [3.05, 3.63) is 53.3 Å². The molecule has 22 heavy (non-hydrogen) atoms. The molecule has 1 aliphatic rings. The van der Waals surface area contributed by atoms with Gasteiger partial charge in [-0.1, -0.05) is 12.1 Å². The van der Waals surface area contributed by atoms with Crippen LogP contribution in [0.2, 0.25) is 0 Å². The number of benzene rings is 1. The second-order valence-electron chi connectivity index (χ2n) is 5.26. The lowest BCUT2D eigenvalue weighted by molar-refractivity contribution is 0.0934. The number of aromatic nitrogens is 1. The summed E-state index contributed by atoms with van der Waals surface area (Å²) < 4.78 is 11.1. The number of carbonyl (C=O) groups is 1. The van der Waals surface area contributed by atoms with E-state index in [1.165, 1.54) is 0 Å². The topological polar surface area (TPSA) is 60.5 Å². The van der Waals surface area contributed by atoms with E-state index in [4.69, 9.17) is 9.47 Å². The predicted molar refractivity (Wildman–Crippen MR) is 82.3 cm³/mol. The van der Waals surface area contributed by atoms with Crippen molar-refractivity contribution in [3.8, 4) is 11.5 Å². The fourth-order valence-corrected chi connectivity index (χ4v) is 2.35. The highest BCUT2D eigenvalue weighted by atomic mass is 16.6. The van der Waals surface area contributed by atoms with Gasteiger partial charge >= 0.3 is 0 Å². The van der Waals surface area contributed by atoms with Crippen molar-refractivity contribution in [2.45, 2.75) is 19.9 Å². The van der Waals surface area contributed by atoms with E-state index in [-0.39, 0.29) is 11.9 Å². The molecule has 5 heteroatoms. The van der Waals surface area contributed by atoms with E-state index in [2.05, 4.69) is 10.3 Å². The molecule has 114 valence electrons. The Morgan fingerprint density at radius 3 is 2.73 bits per heavy atom. The average Bonchev–Trinajstić information content (AvgIpc) is 2.54. The first-order valence-electron chi connectivity index (χ1n) is 7.27. The summed E-state index contributed by atoms with van der Waals surface area (Å²) in [4.78, 5) is 16.5. The fraction of sp³-hybridized carbons (Fsp3) is 0.294. The maximum absolute atomic E-state index is 12.2. The minimum absolute atomic E-state index is 0.148. The summed E-state index contributed by atoms with van der Waals surface area (Å²) in [5.74, 6) is 1.28. The number of hydrogen-bond acceptors (Lipinski definition) is 4. The Hall–Kier alpha value is -2.56. The number of carbonyl (C=O) groups excluding carboxylic acids is 1. The molecule has 0 saturated carbocycles. The monoisotopic (exact) mass is 298 g/mol. The van der Waals surface area contributed by atoms with Gasteiger partial charge in [-0.25, -0.2) is 4.98 Å². The highest BCUT2D eigenvalue weighted by molar-refractivity contribution is 5.92. The lowest BCUT2D eigenvalue weighted by Crippen LogP contribution is -2.27. The number of nitrogens with zero attached hydrogens (tertiary/aromatic N) is 1.